The van der Waals surface area contributed by atoms with Gasteiger partial charge < -0.3 is 15.0 Å². The topological polar surface area (TPSA) is 102 Å². The molecule has 0 aliphatic heterocycles. The maximum atomic E-state index is 13.6. The molecule has 1 amide bonds. The lowest BCUT2D eigenvalue weighted by Gasteiger charge is -2.15. The first-order chi connectivity index (χ1) is 13.5. The summed E-state index contributed by atoms with van der Waals surface area (Å²) in [6.07, 6.45) is -1.46. The molecule has 2 rings (SSSR count). The van der Waals surface area contributed by atoms with Gasteiger partial charge in [0.25, 0.3) is 11.6 Å². The summed E-state index contributed by atoms with van der Waals surface area (Å²) in [5, 5.41) is 13.2. The third-order valence-electron chi connectivity index (χ3n) is 3.84. The van der Waals surface area contributed by atoms with Crippen molar-refractivity contribution in [3.05, 3.63) is 63.5 Å². The minimum atomic E-state index is -1.76. The molecule has 29 heavy (non-hydrogen) atoms. The second-order valence-corrected chi connectivity index (χ2v) is 6.11. The largest absolute Gasteiger partial charge is 0.449 e. The molecule has 0 saturated heterocycles. The van der Waals surface area contributed by atoms with Gasteiger partial charge in [0, 0.05) is 20.2 Å². The van der Waals surface area contributed by atoms with E-state index in [0.29, 0.717) is 6.07 Å². The van der Waals surface area contributed by atoms with Crippen molar-refractivity contribution < 1.29 is 32.4 Å². The maximum Gasteiger partial charge on any atom is 0.339 e. The number of nitrogens with zero attached hydrogens (tertiary/aromatic N) is 2. The fourth-order valence-corrected chi connectivity index (χ4v) is 2.31. The van der Waals surface area contributed by atoms with Crippen LogP contribution < -0.4 is 10.2 Å². The number of hydrogen-bond acceptors (Lipinski definition) is 6. The summed E-state index contributed by atoms with van der Waals surface area (Å²) < 4.78 is 44.7. The molecule has 0 heterocycles. The molecule has 0 fully saturated rings. The maximum absolute atomic E-state index is 13.6. The highest BCUT2D eigenvalue weighted by molar-refractivity contribution is 5.98. The number of carbonyl (C=O) groups is 2. The van der Waals surface area contributed by atoms with Gasteiger partial charge in [-0.2, -0.15) is 0 Å². The van der Waals surface area contributed by atoms with E-state index in [9.17, 15) is 32.9 Å². The Morgan fingerprint density at radius 3 is 2.38 bits per heavy atom. The van der Waals surface area contributed by atoms with Crippen molar-refractivity contribution in [1.29, 1.82) is 0 Å². The lowest BCUT2D eigenvalue weighted by molar-refractivity contribution is -0.384. The number of hydrogen-bond donors (Lipinski definition) is 1. The third-order valence-corrected chi connectivity index (χ3v) is 3.84. The lowest BCUT2D eigenvalue weighted by Crippen LogP contribution is -2.30. The van der Waals surface area contributed by atoms with E-state index < -0.39 is 46.0 Å². The number of nitro groups is 1. The summed E-state index contributed by atoms with van der Waals surface area (Å²) in [5.74, 6) is -6.84. The van der Waals surface area contributed by atoms with Crippen molar-refractivity contribution >= 4 is 28.9 Å². The molecule has 11 heteroatoms. The van der Waals surface area contributed by atoms with Crippen LogP contribution in [-0.2, 0) is 9.53 Å². The van der Waals surface area contributed by atoms with Gasteiger partial charge in [0.2, 0.25) is 0 Å². The van der Waals surface area contributed by atoms with Crippen LogP contribution in [0.2, 0.25) is 0 Å². The molecule has 0 aromatic heterocycles. The molecule has 2 aromatic carbocycles. The Labute approximate surface area is 163 Å². The van der Waals surface area contributed by atoms with Gasteiger partial charge in [0.15, 0.2) is 23.6 Å². The summed E-state index contributed by atoms with van der Waals surface area (Å²) in [6, 6.07) is 5.05. The summed E-state index contributed by atoms with van der Waals surface area (Å²) in [7, 11) is 3.17. The molecule has 1 N–H and O–H groups in total. The standard InChI is InChI=1S/C18H16F3N3O5/c1-9(17(25)22-12-6-5-11(19)15(20)16(12)21)29-18(26)10-4-7-13(23(2)3)14(8-10)24(27)28/h4-9H,1-3H3,(H,22,25)/t9-/m0/s1. The number of amides is 1. The summed E-state index contributed by atoms with van der Waals surface area (Å²) >= 11 is 0. The monoisotopic (exact) mass is 411 g/mol. The van der Waals surface area contributed by atoms with Crippen LogP contribution in [0.3, 0.4) is 0 Å². The van der Waals surface area contributed by atoms with E-state index in [4.69, 9.17) is 4.74 Å². The minimum Gasteiger partial charge on any atom is -0.449 e. The number of esters is 1. The molecular formula is C18H16F3N3O5. The van der Waals surface area contributed by atoms with Crippen LogP contribution in [0.4, 0.5) is 30.2 Å². The van der Waals surface area contributed by atoms with Gasteiger partial charge in [0.1, 0.15) is 5.69 Å². The van der Waals surface area contributed by atoms with Crippen molar-refractivity contribution in [2.45, 2.75) is 13.0 Å². The summed E-state index contributed by atoms with van der Waals surface area (Å²) in [5.41, 5.74) is -0.903. The van der Waals surface area contributed by atoms with Crippen molar-refractivity contribution in [2.75, 3.05) is 24.3 Å². The van der Waals surface area contributed by atoms with E-state index in [1.54, 1.807) is 14.1 Å². The van der Waals surface area contributed by atoms with Gasteiger partial charge in [-0.05, 0) is 31.2 Å². The quantitative estimate of drug-likeness (QED) is 0.339. The molecule has 0 unspecified atom stereocenters. The zero-order valence-electron chi connectivity index (χ0n) is 15.5. The van der Waals surface area contributed by atoms with Crippen LogP contribution in [0.1, 0.15) is 17.3 Å². The molecular weight excluding hydrogens is 395 g/mol. The molecule has 0 saturated carbocycles. The van der Waals surface area contributed by atoms with Crippen molar-refractivity contribution in [1.82, 2.24) is 0 Å². The first kappa shape index (κ1) is 21.7. The molecule has 154 valence electrons. The second kappa shape index (κ2) is 8.59. The zero-order valence-corrected chi connectivity index (χ0v) is 15.5. The molecule has 0 spiro atoms. The fourth-order valence-electron chi connectivity index (χ4n) is 2.31. The smallest absolute Gasteiger partial charge is 0.339 e. The van der Waals surface area contributed by atoms with E-state index in [1.165, 1.54) is 17.0 Å². The number of nitro benzene ring substituents is 1. The number of nitrogens with one attached hydrogen (secondary N) is 1. The third kappa shape index (κ3) is 4.81. The highest BCUT2D eigenvalue weighted by atomic mass is 19.2. The average Bonchev–Trinajstić information content (AvgIpc) is 2.67. The van der Waals surface area contributed by atoms with E-state index in [1.807, 2.05) is 5.32 Å². The summed E-state index contributed by atoms with van der Waals surface area (Å²) in [6.45, 7) is 1.16. The molecule has 0 bridgehead atoms. The Morgan fingerprint density at radius 1 is 1.14 bits per heavy atom. The van der Waals surface area contributed by atoms with E-state index in [-0.39, 0.29) is 16.9 Å². The van der Waals surface area contributed by atoms with Crippen LogP contribution in [-0.4, -0.2) is 37.0 Å². The molecule has 8 nitrogen and oxygen atoms in total. The predicted molar refractivity (Wildman–Crippen MR) is 97.2 cm³/mol. The highest BCUT2D eigenvalue weighted by Crippen LogP contribution is 2.28. The fraction of sp³-hybridized carbons (Fsp3) is 0.222. The van der Waals surface area contributed by atoms with Crippen molar-refractivity contribution in [3.63, 3.8) is 0 Å². The number of benzene rings is 2. The van der Waals surface area contributed by atoms with Crippen LogP contribution in [0.15, 0.2) is 30.3 Å². The normalized spacial score (nSPS) is 11.5. The number of anilines is 2. The Morgan fingerprint density at radius 2 is 1.79 bits per heavy atom. The minimum absolute atomic E-state index is 0.180. The summed E-state index contributed by atoms with van der Waals surface area (Å²) in [4.78, 5) is 36.3. The van der Waals surface area contributed by atoms with Gasteiger partial charge in [-0.15, -0.1) is 0 Å². The van der Waals surface area contributed by atoms with Gasteiger partial charge in [-0.1, -0.05) is 0 Å². The predicted octanol–water partition coefficient (Wildman–Crippen LogP) is 3.26. The molecule has 0 aliphatic carbocycles. The molecule has 1 atom stereocenters. The Kier molecular flexibility index (Phi) is 6.42. The van der Waals surface area contributed by atoms with E-state index >= 15 is 0 Å². The van der Waals surface area contributed by atoms with Crippen LogP contribution in [0.25, 0.3) is 0 Å². The number of carbonyl (C=O) groups excluding carboxylic acids is 2. The van der Waals surface area contributed by atoms with E-state index in [0.717, 1.165) is 19.1 Å². The Balaban J connectivity index is 2.14. The van der Waals surface area contributed by atoms with Gasteiger partial charge >= 0.3 is 5.97 Å². The molecule has 0 radical (unpaired) electrons. The van der Waals surface area contributed by atoms with Gasteiger partial charge in [-0.25, -0.2) is 18.0 Å². The van der Waals surface area contributed by atoms with Crippen molar-refractivity contribution in [3.8, 4) is 0 Å². The highest BCUT2D eigenvalue weighted by Gasteiger charge is 2.24. The SMILES string of the molecule is C[C@H](OC(=O)c1ccc(N(C)C)c([N+](=O)[O-])c1)C(=O)Nc1ccc(F)c(F)c1F. The van der Waals surface area contributed by atoms with Gasteiger partial charge in [-0.3, -0.25) is 14.9 Å². The molecule has 0 aliphatic rings. The number of rotatable bonds is 6. The van der Waals surface area contributed by atoms with Crippen molar-refractivity contribution in [2.24, 2.45) is 0 Å². The Bertz CT molecular complexity index is 981. The zero-order chi connectivity index (χ0) is 21.9. The van der Waals surface area contributed by atoms with Crippen LogP contribution >= 0.6 is 0 Å². The van der Waals surface area contributed by atoms with Crippen LogP contribution in [0.5, 0.6) is 0 Å². The first-order valence-electron chi connectivity index (χ1n) is 8.14. The second-order valence-electron chi connectivity index (χ2n) is 6.11. The van der Waals surface area contributed by atoms with Gasteiger partial charge in [0.05, 0.1) is 16.2 Å². The van der Waals surface area contributed by atoms with Crippen LogP contribution in [0, 0.1) is 27.6 Å². The first-order valence-corrected chi connectivity index (χ1v) is 8.14. The molecule has 2 aromatic rings. The average molecular weight is 411 g/mol. The number of halogens is 3. The Hall–Kier alpha value is -3.63. The van der Waals surface area contributed by atoms with E-state index in [2.05, 4.69) is 0 Å². The number of ether oxygens (including phenoxy) is 1. The lowest BCUT2D eigenvalue weighted by atomic mass is 10.1.